The van der Waals surface area contributed by atoms with Crippen LogP contribution in [0.25, 0.3) is 0 Å². The SMILES string of the molecule is N#CCN(CC#N)C1CCC(N)C1. The molecule has 70 valence electrons. The Morgan fingerprint density at radius 2 is 1.85 bits per heavy atom. The summed E-state index contributed by atoms with van der Waals surface area (Å²) in [6.45, 7) is 0.676. The second-order valence-electron chi connectivity index (χ2n) is 3.45. The molecule has 0 radical (unpaired) electrons. The highest BCUT2D eigenvalue weighted by atomic mass is 15.2. The molecule has 1 aliphatic carbocycles. The van der Waals surface area contributed by atoms with E-state index in [0.717, 1.165) is 19.3 Å². The van der Waals surface area contributed by atoms with E-state index in [4.69, 9.17) is 16.3 Å². The molecule has 0 heterocycles. The van der Waals surface area contributed by atoms with E-state index in [1.54, 1.807) is 0 Å². The number of nitrogens with zero attached hydrogens (tertiary/aromatic N) is 3. The molecule has 0 amide bonds. The molecule has 1 aliphatic rings. The lowest BCUT2D eigenvalue weighted by atomic mass is 10.2. The van der Waals surface area contributed by atoms with Crippen LogP contribution in [0, 0.1) is 22.7 Å². The summed E-state index contributed by atoms with van der Waals surface area (Å²) < 4.78 is 0. The maximum atomic E-state index is 8.56. The molecule has 2 unspecified atom stereocenters. The summed E-state index contributed by atoms with van der Waals surface area (Å²) in [6, 6.07) is 4.75. The Morgan fingerprint density at radius 1 is 1.23 bits per heavy atom. The van der Waals surface area contributed by atoms with E-state index >= 15 is 0 Å². The Balaban J connectivity index is 2.46. The molecule has 0 aromatic rings. The molecular formula is C9H14N4. The molecule has 13 heavy (non-hydrogen) atoms. The quantitative estimate of drug-likeness (QED) is 0.627. The van der Waals surface area contributed by atoms with E-state index in [-0.39, 0.29) is 6.04 Å². The van der Waals surface area contributed by atoms with Crippen LogP contribution in [-0.2, 0) is 0 Å². The Kier molecular flexibility index (Phi) is 3.70. The van der Waals surface area contributed by atoms with E-state index in [1.807, 2.05) is 4.90 Å². The van der Waals surface area contributed by atoms with Gasteiger partial charge in [0.2, 0.25) is 0 Å². The van der Waals surface area contributed by atoms with E-state index in [9.17, 15) is 0 Å². The number of nitrogens with two attached hydrogens (primary N) is 1. The van der Waals surface area contributed by atoms with E-state index in [1.165, 1.54) is 0 Å². The zero-order chi connectivity index (χ0) is 9.68. The van der Waals surface area contributed by atoms with Crippen molar-refractivity contribution in [2.75, 3.05) is 13.1 Å². The Labute approximate surface area is 78.5 Å². The van der Waals surface area contributed by atoms with Gasteiger partial charge in [-0.2, -0.15) is 10.5 Å². The first-order chi connectivity index (χ1) is 6.27. The van der Waals surface area contributed by atoms with Gasteiger partial charge in [0.05, 0.1) is 25.2 Å². The Morgan fingerprint density at radius 3 is 2.23 bits per heavy atom. The van der Waals surface area contributed by atoms with Crippen LogP contribution in [0.1, 0.15) is 19.3 Å². The van der Waals surface area contributed by atoms with Crippen LogP contribution in [0.4, 0.5) is 0 Å². The third-order valence-electron chi connectivity index (χ3n) is 2.51. The van der Waals surface area contributed by atoms with Gasteiger partial charge in [0, 0.05) is 12.1 Å². The molecule has 1 fully saturated rings. The average Bonchev–Trinajstić information content (AvgIpc) is 2.51. The second-order valence-corrected chi connectivity index (χ2v) is 3.45. The molecule has 0 aliphatic heterocycles. The van der Waals surface area contributed by atoms with Crippen molar-refractivity contribution < 1.29 is 0 Å². The summed E-state index contributed by atoms with van der Waals surface area (Å²) >= 11 is 0. The molecule has 0 saturated heterocycles. The summed E-state index contributed by atoms with van der Waals surface area (Å²) in [6.07, 6.45) is 2.95. The van der Waals surface area contributed by atoms with Gasteiger partial charge in [0.25, 0.3) is 0 Å². The number of rotatable bonds is 3. The first-order valence-electron chi connectivity index (χ1n) is 4.51. The summed E-state index contributed by atoms with van der Waals surface area (Å²) in [5.41, 5.74) is 5.76. The van der Waals surface area contributed by atoms with Gasteiger partial charge < -0.3 is 5.73 Å². The molecule has 1 saturated carbocycles. The van der Waals surface area contributed by atoms with Crippen molar-refractivity contribution >= 4 is 0 Å². The number of nitriles is 2. The summed E-state index contributed by atoms with van der Waals surface area (Å²) in [7, 11) is 0. The topological polar surface area (TPSA) is 76.8 Å². The monoisotopic (exact) mass is 178 g/mol. The van der Waals surface area contributed by atoms with Crippen LogP contribution in [-0.4, -0.2) is 30.1 Å². The Hall–Kier alpha value is -1.10. The van der Waals surface area contributed by atoms with Crippen molar-refractivity contribution in [3.63, 3.8) is 0 Å². The smallest absolute Gasteiger partial charge is 0.0876 e. The summed E-state index contributed by atoms with van der Waals surface area (Å²) in [5.74, 6) is 0. The van der Waals surface area contributed by atoms with Crippen molar-refractivity contribution in [1.82, 2.24) is 4.90 Å². The lowest BCUT2D eigenvalue weighted by molar-refractivity contribution is 0.247. The zero-order valence-electron chi connectivity index (χ0n) is 7.61. The normalized spacial score (nSPS) is 27.1. The number of hydrogen-bond donors (Lipinski definition) is 1. The predicted octanol–water partition coefficient (Wildman–Crippen LogP) is 0.215. The van der Waals surface area contributed by atoms with Crippen LogP contribution in [0.2, 0.25) is 0 Å². The lowest BCUT2D eigenvalue weighted by Gasteiger charge is -2.22. The first-order valence-corrected chi connectivity index (χ1v) is 4.51. The van der Waals surface area contributed by atoms with Crippen molar-refractivity contribution in [2.24, 2.45) is 5.73 Å². The minimum absolute atomic E-state index is 0.255. The molecule has 0 spiro atoms. The predicted molar refractivity (Wildman–Crippen MR) is 48.4 cm³/mol. The zero-order valence-corrected chi connectivity index (χ0v) is 7.61. The summed E-state index contributed by atoms with van der Waals surface area (Å²) in [4.78, 5) is 1.91. The number of hydrogen-bond acceptors (Lipinski definition) is 4. The van der Waals surface area contributed by atoms with Gasteiger partial charge in [0.15, 0.2) is 0 Å². The van der Waals surface area contributed by atoms with Crippen LogP contribution in [0.5, 0.6) is 0 Å². The molecule has 2 N–H and O–H groups in total. The maximum Gasteiger partial charge on any atom is 0.0876 e. The van der Waals surface area contributed by atoms with Crippen molar-refractivity contribution in [3.05, 3.63) is 0 Å². The van der Waals surface area contributed by atoms with Crippen molar-refractivity contribution in [2.45, 2.75) is 31.3 Å². The third-order valence-corrected chi connectivity index (χ3v) is 2.51. The highest BCUT2D eigenvalue weighted by Crippen LogP contribution is 2.22. The average molecular weight is 178 g/mol. The van der Waals surface area contributed by atoms with Crippen molar-refractivity contribution in [3.8, 4) is 12.1 Å². The molecular weight excluding hydrogens is 164 g/mol. The molecule has 0 aromatic heterocycles. The highest BCUT2D eigenvalue weighted by molar-refractivity contribution is 4.92. The van der Waals surface area contributed by atoms with Gasteiger partial charge in [-0.05, 0) is 19.3 Å². The molecule has 4 nitrogen and oxygen atoms in total. The van der Waals surface area contributed by atoms with Gasteiger partial charge in [0.1, 0.15) is 0 Å². The van der Waals surface area contributed by atoms with Gasteiger partial charge in [-0.1, -0.05) is 0 Å². The standard InChI is InChI=1S/C9H14N4/c10-3-5-13(6-4-11)9-2-1-8(12)7-9/h8-9H,1-2,5-7,12H2. The molecule has 0 bridgehead atoms. The fraction of sp³-hybridized carbons (Fsp3) is 0.778. The van der Waals surface area contributed by atoms with E-state index in [2.05, 4.69) is 12.1 Å². The van der Waals surface area contributed by atoms with Gasteiger partial charge >= 0.3 is 0 Å². The minimum atomic E-state index is 0.255. The van der Waals surface area contributed by atoms with Gasteiger partial charge in [-0.15, -0.1) is 0 Å². The lowest BCUT2D eigenvalue weighted by Crippen LogP contribution is -2.35. The third kappa shape index (κ3) is 2.69. The van der Waals surface area contributed by atoms with E-state index in [0.29, 0.717) is 19.1 Å². The van der Waals surface area contributed by atoms with Crippen LogP contribution in [0.15, 0.2) is 0 Å². The fourth-order valence-electron chi connectivity index (χ4n) is 1.82. The minimum Gasteiger partial charge on any atom is -0.328 e. The second kappa shape index (κ2) is 4.81. The van der Waals surface area contributed by atoms with Gasteiger partial charge in [-0.3, -0.25) is 4.90 Å². The fourth-order valence-corrected chi connectivity index (χ4v) is 1.82. The molecule has 0 aromatic carbocycles. The Bertz CT molecular complexity index is 221. The van der Waals surface area contributed by atoms with Gasteiger partial charge in [-0.25, -0.2) is 0 Å². The summed E-state index contributed by atoms with van der Waals surface area (Å²) in [5, 5.41) is 17.1. The largest absolute Gasteiger partial charge is 0.328 e. The van der Waals surface area contributed by atoms with Crippen LogP contribution >= 0.6 is 0 Å². The van der Waals surface area contributed by atoms with Crippen LogP contribution in [0.3, 0.4) is 0 Å². The van der Waals surface area contributed by atoms with E-state index < -0.39 is 0 Å². The molecule has 2 atom stereocenters. The molecule has 1 rings (SSSR count). The highest BCUT2D eigenvalue weighted by Gasteiger charge is 2.26. The van der Waals surface area contributed by atoms with Crippen molar-refractivity contribution in [1.29, 1.82) is 10.5 Å². The van der Waals surface area contributed by atoms with Crippen LogP contribution < -0.4 is 5.73 Å². The maximum absolute atomic E-state index is 8.56. The molecule has 4 heteroatoms. The first kappa shape index (κ1) is 9.98.